The molecule has 0 aliphatic heterocycles. The molecule has 0 atom stereocenters. The molecule has 6 nitrogen and oxygen atoms in total. The maximum absolute atomic E-state index is 12.4. The molecule has 26 heavy (non-hydrogen) atoms. The number of carbonyl (C=O) groups excluding carboxylic acids is 2. The summed E-state index contributed by atoms with van der Waals surface area (Å²) in [6.45, 7) is 1.94. The summed E-state index contributed by atoms with van der Waals surface area (Å²) >= 11 is 0. The molecule has 1 heterocycles. The second-order valence-corrected chi connectivity index (χ2v) is 5.78. The molecule has 0 aliphatic rings. The first-order chi connectivity index (χ1) is 12.7. The van der Waals surface area contributed by atoms with Crippen LogP contribution >= 0.6 is 0 Å². The van der Waals surface area contributed by atoms with E-state index in [4.69, 9.17) is 4.52 Å². The van der Waals surface area contributed by atoms with Gasteiger partial charge < -0.3 is 15.2 Å². The standard InChI is InChI=1S/C20H19N3O3/c1-2-7-19(24)21-15-10-6-11-16(12-15)22-20(25)18-13-17(23-26-18)14-8-4-3-5-9-14/h3-6,8-13H,2,7H2,1H3,(H,21,24)(H,22,25). The second kappa shape index (κ2) is 8.11. The minimum Gasteiger partial charge on any atom is -0.350 e. The Balaban J connectivity index is 1.69. The molecule has 3 rings (SSSR count). The highest BCUT2D eigenvalue weighted by atomic mass is 16.5. The van der Waals surface area contributed by atoms with Gasteiger partial charge in [-0.1, -0.05) is 48.5 Å². The van der Waals surface area contributed by atoms with E-state index in [1.807, 2.05) is 37.3 Å². The number of rotatable bonds is 6. The Bertz CT molecular complexity index is 903. The van der Waals surface area contributed by atoms with Gasteiger partial charge in [0, 0.05) is 29.4 Å². The molecule has 0 aliphatic carbocycles. The van der Waals surface area contributed by atoms with Crippen LogP contribution in [0.25, 0.3) is 11.3 Å². The Morgan fingerprint density at radius 1 is 0.962 bits per heavy atom. The van der Waals surface area contributed by atoms with Crippen LogP contribution < -0.4 is 10.6 Å². The van der Waals surface area contributed by atoms with Gasteiger partial charge in [0.1, 0.15) is 5.69 Å². The van der Waals surface area contributed by atoms with Crippen molar-refractivity contribution in [1.82, 2.24) is 5.16 Å². The lowest BCUT2D eigenvalue weighted by Crippen LogP contribution is -2.13. The van der Waals surface area contributed by atoms with Crippen LogP contribution in [0, 0.1) is 0 Å². The van der Waals surface area contributed by atoms with E-state index in [-0.39, 0.29) is 11.7 Å². The fourth-order valence-corrected chi connectivity index (χ4v) is 2.45. The number of anilines is 2. The van der Waals surface area contributed by atoms with Crippen LogP contribution in [-0.2, 0) is 4.79 Å². The third-order valence-corrected chi connectivity index (χ3v) is 3.68. The van der Waals surface area contributed by atoms with Crippen LogP contribution in [0.4, 0.5) is 11.4 Å². The van der Waals surface area contributed by atoms with Crippen LogP contribution in [0.3, 0.4) is 0 Å². The first-order valence-corrected chi connectivity index (χ1v) is 8.39. The molecular weight excluding hydrogens is 330 g/mol. The van der Waals surface area contributed by atoms with Gasteiger partial charge in [-0.15, -0.1) is 0 Å². The Morgan fingerprint density at radius 3 is 2.42 bits per heavy atom. The normalized spacial score (nSPS) is 10.3. The first kappa shape index (κ1) is 17.4. The van der Waals surface area contributed by atoms with Gasteiger partial charge in [-0.05, 0) is 24.6 Å². The average molecular weight is 349 g/mol. The number of amides is 2. The summed E-state index contributed by atoms with van der Waals surface area (Å²) in [5.74, 6) is -0.347. The Morgan fingerprint density at radius 2 is 1.69 bits per heavy atom. The summed E-state index contributed by atoms with van der Waals surface area (Å²) in [6.07, 6.45) is 1.23. The molecule has 3 aromatic rings. The fraction of sp³-hybridized carbons (Fsp3) is 0.150. The van der Waals surface area contributed by atoms with E-state index in [0.717, 1.165) is 12.0 Å². The van der Waals surface area contributed by atoms with Crippen LogP contribution in [0.5, 0.6) is 0 Å². The molecule has 1 aromatic heterocycles. The zero-order valence-corrected chi connectivity index (χ0v) is 14.4. The predicted molar refractivity (Wildman–Crippen MR) is 99.9 cm³/mol. The quantitative estimate of drug-likeness (QED) is 0.693. The first-order valence-electron chi connectivity index (χ1n) is 8.39. The largest absolute Gasteiger partial charge is 0.350 e. The minimum absolute atomic E-state index is 0.0567. The topological polar surface area (TPSA) is 84.2 Å². The zero-order chi connectivity index (χ0) is 18.4. The van der Waals surface area contributed by atoms with Crippen LogP contribution in [-0.4, -0.2) is 17.0 Å². The SMILES string of the molecule is CCCC(=O)Nc1cccc(NC(=O)c2cc(-c3ccccc3)no2)c1. The van der Waals surface area contributed by atoms with E-state index in [1.54, 1.807) is 30.3 Å². The molecule has 2 aromatic carbocycles. The number of benzene rings is 2. The summed E-state index contributed by atoms with van der Waals surface area (Å²) in [5, 5.41) is 9.47. The molecule has 0 unspecified atom stereocenters. The lowest BCUT2D eigenvalue weighted by Gasteiger charge is -2.07. The number of hydrogen-bond donors (Lipinski definition) is 2. The van der Waals surface area contributed by atoms with Crippen LogP contribution in [0.15, 0.2) is 65.2 Å². The fourth-order valence-electron chi connectivity index (χ4n) is 2.45. The summed E-state index contributed by atoms with van der Waals surface area (Å²) in [6, 6.07) is 18.0. The summed E-state index contributed by atoms with van der Waals surface area (Å²) in [5.41, 5.74) is 2.65. The molecule has 0 spiro atoms. The van der Waals surface area contributed by atoms with Gasteiger partial charge in [0.15, 0.2) is 0 Å². The van der Waals surface area contributed by atoms with Gasteiger partial charge in [-0.2, -0.15) is 0 Å². The summed E-state index contributed by atoms with van der Waals surface area (Å²) < 4.78 is 5.15. The molecule has 0 saturated heterocycles. The lowest BCUT2D eigenvalue weighted by molar-refractivity contribution is -0.116. The van der Waals surface area contributed by atoms with E-state index in [2.05, 4.69) is 15.8 Å². The third-order valence-electron chi connectivity index (χ3n) is 3.68. The van der Waals surface area contributed by atoms with E-state index in [1.165, 1.54) is 0 Å². The Hall–Kier alpha value is -3.41. The Labute approximate surface area is 151 Å². The van der Waals surface area contributed by atoms with Gasteiger partial charge in [-0.3, -0.25) is 9.59 Å². The van der Waals surface area contributed by atoms with E-state index < -0.39 is 5.91 Å². The lowest BCUT2D eigenvalue weighted by atomic mass is 10.1. The van der Waals surface area contributed by atoms with Crippen molar-refractivity contribution in [3.05, 3.63) is 66.4 Å². The highest BCUT2D eigenvalue weighted by molar-refractivity contribution is 6.03. The van der Waals surface area contributed by atoms with Crippen molar-refractivity contribution in [2.45, 2.75) is 19.8 Å². The van der Waals surface area contributed by atoms with Gasteiger partial charge in [0.2, 0.25) is 11.7 Å². The molecular formula is C20H19N3O3. The molecule has 0 saturated carbocycles. The third kappa shape index (κ3) is 4.36. The molecule has 0 bridgehead atoms. The van der Waals surface area contributed by atoms with Crippen molar-refractivity contribution in [1.29, 1.82) is 0 Å². The average Bonchev–Trinajstić information content (AvgIpc) is 3.13. The maximum atomic E-state index is 12.4. The predicted octanol–water partition coefficient (Wildman–Crippen LogP) is 4.33. The highest BCUT2D eigenvalue weighted by Crippen LogP contribution is 2.20. The van der Waals surface area contributed by atoms with Crippen molar-refractivity contribution < 1.29 is 14.1 Å². The maximum Gasteiger partial charge on any atom is 0.294 e. The summed E-state index contributed by atoms with van der Waals surface area (Å²) in [4.78, 5) is 24.0. The van der Waals surface area contributed by atoms with E-state index >= 15 is 0 Å². The molecule has 0 radical (unpaired) electrons. The minimum atomic E-state index is -0.406. The molecule has 2 amide bonds. The number of hydrogen-bond acceptors (Lipinski definition) is 4. The molecule has 2 N–H and O–H groups in total. The number of carbonyl (C=O) groups is 2. The monoisotopic (exact) mass is 349 g/mol. The second-order valence-electron chi connectivity index (χ2n) is 5.78. The van der Waals surface area contributed by atoms with Crippen LogP contribution in [0.1, 0.15) is 30.3 Å². The highest BCUT2D eigenvalue weighted by Gasteiger charge is 2.14. The Kier molecular flexibility index (Phi) is 5.43. The van der Waals surface area contributed by atoms with Crippen molar-refractivity contribution >= 4 is 23.2 Å². The number of nitrogens with one attached hydrogen (secondary N) is 2. The van der Waals surface area contributed by atoms with Crippen molar-refractivity contribution in [2.75, 3.05) is 10.6 Å². The zero-order valence-electron chi connectivity index (χ0n) is 14.4. The molecule has 0 fully saturated rings. The van der Waals surface area contributed by atoms with E-state index in [0.29, 0.717) is 23.5 Å². The summed E-state index contributed by atoms with van der Waals surface area (Å²) in [7, 11) is 0. The van der Waals surface area contributed by atoms with Gasteiger partial charge in [0.05, 0.1) is 0 Å². The number of aromatic nitrogens is 1. The molecule has 132 valence electrons. The smallest absolute Gasteiger partial charge is 0.294 e. The van der Waals surface area contributed by atoms with Crippen molar-refractivity contribution in [2.24, 2.45) is 0 Å². The van der Waals surface area contributed by atoms with Gasteiger partial charge in [-0.25, -0.2) is 0 Å². The van der Waals surface area contributed by atoms with E-state index in [9.17, 15) is 9.59 Å². The van der Waals surface area contributed by atoms with Crippen molar-refractivity contribution in [3.8, 4) is 11.3 Å². The van der Waals surface area contributed by atoms with Gasteiger partial charge in [0.25, 0.3) is 5.91 Å². The number of nitrogens with zero attached hydrogens (tertiary/aromatic N) is 1. The van der Waals surface area contributed by atoms with Crippen LogP contribution in [0.2, 0.25) is 0 Å². The molecule has 6 heteroatoms. The van der Waals surface area contributed by atoms with Crippen molar-refractivity contribution in [3.63, 3.8) is 0 Å². The van der Waals surface area contributed by atoms with Gasteiger partial charge >= 0.3 is 0 Å².